The molecule has 37 heavy (non-hydrogen) atoms. The van der Waals surface area contributed by atoms with E-state index < -0.39 is 24.0 Å². The first-order valence-electron chi connectivity index (χ1n) is 12.0. The molecule has 0 aliphatic heterocycles. The number of rotatable bonds is 10. The Bertz CT molecular complexity index is 1210. The van der Waals surface area contributed by atoms with Crippen molar-refractivity contribution < 1.29 is 24.2 Å². The summed E-state index contributed by atoms with van der Waals surface area (Å²) in [6, 6.07) is 22.4. The second kappa shape index (κ2) is 12.7. The Hall–Kier alpha value is -4.17. The van der Waals surface area contributed by atoms with Gasteiger partial charge in [0.25, 0.3) is 11.8 Å². The normalized spacial score (nSPS) is 13.1. The Labute approximate surface area is 217 Å². The number of carbonyl (C=O) groups is 3. The summed E-state index contributed by atoms with van der Waals surface area (Å²) in [4.78, 5) is 40.3. The molecule has 3 rings (SSSR count). The van der Waals surface area contributed by atoms with Crippen molar-refractivity contribution in [3.63, 3.8) is 0 Å². The Kier molecular flexibility index (Phi) is 9.40. The van der Waals surface area contributed by atoms with Crippen LogP contribution in [0.5, 0.6) is 0 Å². The van der Waals surface area contributed by atoms with Gasteiger partial charge in [-0.05, 0) is 42.7 Å². The minimum atomic E-state index is -1.57. The highest BCUT2D eigenvalue weighted by Gasteiger charge is 2.29. The van der Waals surface area contributed by atoms with Gasteiger partial charge in [0.15, 0.2) is 6.10 Å². The van der Waals surface area contributed by atoms with Gasteiger partial charge >= 0.3 is 5.97 Å². The second-order valence-corrected chi connectivity index (χ2v) is 9.01. The molecule has 0 aliphatic carbocycles. The summed E-state index contributed by atoms with van der Waals surface area (Å²) < 4.78 is 4.69. The molecule has 0 fully saturated rings. The van der Waals surface area contributed by atoms with Gasteiger partial charge in [0.1, 0.15) is 0 Å². The Morgan fingerprint density at radius 1 is 0.865 bits per heavy atom. The molecule has 0 saturated carbocycles. The van der Waals surface area contributed by atoms with Gasteiger partial charge in [-0.3, -0.25) is 9.59 Å². The maximum absolute atomic E-state index is 13.3. The molecule has 0 spiro atoms. The fourth-order valence-electron chi connectivity index (χ4n) is 3.88. The molecule has 0 heterocycles. The molecule has 8 heteroatoms. The molecule has 0 unspecified atom stereocenters. The fraction of sp³-hybridized carbons (Fsp3) is 0.276. The smallest absolute Gasteiger partial charge is 0.336 e. The van der Waals surface area contributed by atoms with Crippen LogP contribution in [0.15, 0.2) is 78.9 Å². The van der Waals surface area contributed by atoms with Crippen LogP contribution in [0.2, 0.25) is 0 Å². The molecule has 8 nitrogen and oxygen atoms in total. The third kappa shape index (κ3) is 7.41. The predicted octanol–water partition coefficient (Wildman–Crippen LogP) is 3.12. The van der Waals surface area contributed by atoms with E-state index >= 15 is 0 Å². The van der Waals surface area contributed by atoms with Gasteiger partial charge in [0.05, 0.1) is 19.2 Å². The second-order valence-electron chi connectivity index (χ2n) is 9.01. The van der Waals surface area contributed by atoms with E-state index in [-0.39, 0.29) is 23.9 Å². The third-order valence-electron chi connectivity index (χ3n) is 6.04. The molecular formula is C29H33N3O5. The van der Waals surface area contributed by atoms with E-state index in [9.17, 15) is 19.5 Å². The molecule has 3 N–H and O–H groups in total. The molecule has 3 atom stereocenters. The number of carbonyl (C=O) groups excluding carboxylic acids is 3. The number of anilines is 1. The van der Waals surface area contributed by atoms with Gasteiger partial charge in [-0.2, -0.15) is 0 Å². The number of esters is 1. The van der Waals surface area contributed by atoms with Crippen LogP contribution >= 0.6 is 0 Å². The highest BCUT2D eigenvalue weighted by Crippen LogP contribution is 2.20. The Morgan fingerprint density at radius 3 is 1.95 bits per heavy atom. The Morgan fingerprint density at radius 2 is 1.41 bits per heavy atom. The van der Waals surface area contributed by atoms with E-state index in [0.717, 1.165) is 11.1 Å². The first-order chi connectivity index (χ1) is 17.7. The quantitative estimate of drug-likeness (QED) is 0.367. The molecule has 3 aromatic carbocycles. The number of nitrogens with one attached hydrogen (secondary N) is 2. The lowest BCUT2D eigenvalue weighted by atomic mass is 10.00. The number of aliphatic hydroxyl groups is 1. The summed E-state index contributed by atoms with van der Waals surface area (Å²) in [5.41, 5.74) is 2.97. The molecule has 0 aliphatic rings. The molecule has 2 amide bonds. The Balaban J connectivity index is 1.86. The van der Waals surface area contributed by atoms with Crippen LogP contribution in [-0.2, 0) is 16.0 Å². The first kappa shape index (κ1) is 27.4. The fourth-order valence-corrected chi connectivity index (χ4v) is 3.88. The van der Waals surface area contributed by atoms with E-state index in [2.05, 4.69) is 10.6 Å². The largest absolute Gasteiger partial charge is 0.467 e. The number of methoxy groups -OCH3 is 1. The van der Waals surface area contributed by atoms with Crippen molar-refractivity contribution >= 4 is 23.5 Å². The molecule has 0 radical (unpaired) electrons. The minimum Gasteiger partial charge on any atom is -0.467 e. The zero-order valence-electron chi connectivity index (χ0n) is 21.5. The van der Waals surface area contributed by atoms with Crippen molar-refractivity contribution in [1.82, 2.24) is 10.6 Å². The SMILES string of the molecule is COC(=O)[C@H](O)[C@H](Cc1ccccc1)NC(=O)c1cc(C(=O)N[C@H](C)c2ccccc2)cc(N(C)C)c1. The van der Waals surface area contributed by atoms with E-state index in [0.29, 0.717) is 11.3 Å². The monoisotopic (exact) mass is 503 g/mol. The van der Waals surface area contributed by atoms with Crippen LogP contribution in [0.3, 0.4) is 0 Å². The number of hydrogen-bond donors (Lipinski definition) is 3. The average Bonchev–Trinajstić information content (AvgIpc) is 2.92. The molecule has 3 aromatic rings. The maximum Gasteiger partial charge on any atom is 0.336 e. The number of hydrogen-bond acceptors (Lipinski definition) is 6. The van der Waals surface area contributed by atoms with Crippen LogP contribution in [0.1, 0.15) is 44.8 Å². The number of ether oxygens (including phenoxy) is 1. The van der Waals surface area contributed by atoms with E-state index in [1.165, 1.54) is 13.2 Å². The summed E-state index contributed by atoms with van der Waals surface area (Å²) in [7, 11) is 4.80. The van der Waals surface area contributed by atoms with Crippen LogP contribution in [0.4, 0.5) is 5.69 Å². The summed E-state index contributed by atoms with van der Waals surface area (Å²) in [5.74, 6) is -1.71. The summed E-state index contributed by atoms with van der Waals surface area (Å²) in [6.45, 7) is 1.89. The van der Waals surface area contributed by atoms with Crippen molar-refractivity contribution in [3.8, 4) is 0 Å². The van der Waals surface area contributed by atoms with Crippen molar-refractivity contribution in [2.24, 2.45) is 0 Å². The summed E-state index contributed by atoms with van der Waals surface area (Å²) >= 11 is 0. The lowest BCUT2D eigenvalue weighted by Crippen LogP contribution is -2.48. The van der Waals surface area contributed by atoms with Gasteiger partial charge in [0.2, 0.25) is 0 Å². The van der Waals surface area contributed by atoms with Gasteiger partial charge in [-0.15, -0.1) is 0 Å². The minimum absolute atomic E-state index is 0.206. The molecule has 0 saturated heterocycles. The zero-order chi connectivity index (χ0) is 26.9. The van der Waals surface area contributed by atoms with E-state index in [4.69, 9.17) is 4.74 Å². The lowest BCUT2D eigenvalue weighted by Gasteiger charge is -2.23. The first-order valence-corrected chi connectivity index (χ1v) is 12.0. The number of benzene rings is 3. The average molecular weight is 504 g/mol. The molecule has 194 valence electrons. The van der Waals surface area contributed by atoms with E-state index in [1.54, 1.807) is 17.0 Å². The zero-order valence-corrected chi connectivity index (χ0v) is 21.5. The van der Waals surface area contributed by atoms with Gasteiger partial charge in [0, 0.05) is 30.9 Å². The predicted molar refractivity (Wildman–Crippen MR) is 143 cm³/mol. The van der Waals surface area contributed by atoms with Gasteiger partial charge in [-0.25, -0.2) is 4.79 Å². The summed E-state index contributed by atoms with van der Waals surface area (Å²) in [6.07, 6.45) is -1.36. The number of amides is 2. The van der Waals surface area contributed by atoms with Crippen LogP contribution < -0.4 is 15.5 Å². The van der Waals surface area contributed by atoms with E-state index in [1.807, 2.05) is 81.7 Å². The highest BCUT2D eigenvalue weighted by molar-refractivity contribution is 6.01. The topological polar surface area (TPSA) is 108 Å². The van der Waals surface area contributed by atoms with Crippen molar-refractivity contribution in [3.05, 3.63) is 101 Å². The lowest BCUT2D eigenvalue weighted by molar-refractivity contribution is -0.151. The van der Waals surface area contributed by atoms with Crippen LogP contribution in [-0.4, -0.2) is 56.2 Å². The molecule has 0 bridgehead atoms. The summed E-state index contributed by atoms with van der Waals surface area (Å²) in [5, 5.41) is 16.3. The third-order valence-corrected chi connectivity index (χ3v) is 6.04. The van der Waals surface area contributed by atoms with Crippen molar-refractivity contribution in [1.29, 1.82) is 0 Å². The number of nitrogens with zero attached hydrogens (tertiary/aromatic N) is 1. The van der Waals surface area contributed by atoms with Gasteiger partial charge < -0.3 is 25.4 Å². The number of aliphatic hydroxyl groups excluding tert-OH is 1. The van der Waals surface area contributed by atoms with Gasteiger partial charge in [-0.1, -0.05) is 60.7 Å². The highest BCUT2D eigenvalue weighted by atomic mass is 16.5. The standard InChI is InChI=1S/C29H33N3O5/c1-19(21-13-9-6-10-14-21)30-27(34)22-16-23(18-24(17-22)32(2)3)28(35)31-25(26(33)29(36)37-4)15-20-11-7-5-8-12-20/h5-14,16-19,25-26,33H,15H2,1-4H3,(H,30,34)(H,31,35)/t19-,25+,26-/m1/s1. The molecular weight excluding hydrogens is 470 g/mol. The van der Waals surface area contributed by atoms with Crippen LogP contribution in [0, 0.1) is 0 Å². The van der Waals surface area contributed by atoms with Crippen molar-refractivity contribution in [2.75, 3.05) is 26.1 Å². The maximum atomic E-state index is 13.3. The molecule has 0 aromatic heterocycles. The van der Waals surface area contributed by atoms with Crippen LogP contribution in [0.25, 0.3) is 0 Å². The van der Waals surface area contributed by atoms with Crippen molar-refractivity contribution in [2.45, 2.75) is 31.5 Å².